The zero-order valence-electron chi connectivity index (χ0n) is 23.1. The average molecular weight is 573 g/mol. The summed E-state index contributed by atoms with van der Waals surface area (Å²) in [5.74, 6) is 1.34. The predicted octanol–water partition coefficient (Wildman–Crippen LogP) is 6.38. The van der Waals surface area contributed by atoms with Gasteiger partial charge in [0.2, 0.25) is 5.91 Å². The second-order valence-corrected chi connectivity index (χ2v) is 9.97. The van der Waals surface area contributed by atoms with Crippen LogP contribution in [0.2, 0.25) is 5.02 Å². The number of pyridine rings is 1. The third-order valence-corrected chi connectivity index (χ3v) is 7.18. The van der Waals surface area contributed by atoms with Crippen LogP contribution in [0.3, 0.4) is 0 Å². The molecule has 1 aliphatic rings. The number of nitrogens with zero attached hydrogens (tertiary/aromatic N) is 4. The van der Waals surface area contributed by atoms with E-state index in [1.807, 2.05) is 43.3 Å². The molecular weight excluding hydrogens is 540 g/mol. The fraction of sp³-hybridized carbons (Fsp3) is 0.290. The predicted molar refractivity (Wildman–Crippen MR) is 162 cm³/mol. The number of anilines is 3. The van der Waals surface area contributed by atoms with E-state index < -0.39 is 0 Å². The summed E-state index contributed by atoms with van der Waals surface area (Å²) < 4.78 is 11.9. The van der Waals surface area contributed by atoms with Gasteiger partial charge in [-0.15, -0.1) is 0 Å². The van der Waals surface area contributed by atoms with Crippen molar-refractivity contribution in [2.75, 3.05) is 30.3 Å². The van der Waals surface area contributed by atoms with Crippen LogP contribution in [0, 0.1) is 0 Å². The lowest BCUT2D eigenvalue weighted by atomic mass is 10.1. The number of nitrogens with one attached hydrogen (secondary N) is 2. The van der Waals surface area contributed by atoms with Gasteiger partial charge in [0.05, 0.1) is 33.9 Å². The lowest BCUT2D eigenvalue weighted by Gasteiger charge is -2.19. The molecule has 1 fully saturated rings. The van der Waals surface area contributed by atoms with Crippen LogP contribution in [0.4, 0.5) is 17.2 Å². The zero-order chi connectivity index (χ0) is 28.6. The highest BCUT2D eigenvalue weighted by atomic mass is 35.5. The molecule has 1 amide bonds. The van der Waals surface area contributed by atoms with Gasteiger partial charge in [-0.3, -0.25) is 14.7 Å². The van der Waals surface area contributed by atoms with Gasteiger partial charge in [-0.05, 0) is 75.3 Å². The minimum atomic E-state index is -0.215. The largest absolute Gasteiger partial charge is 0.491 e. The van der Waals surface area contributed by atoms with E-state index in [1.54, 1.807) is 30.5 Å². The number of benzene rings is 2. The molecule has 2 aromatic heterocycles. The van der Waals surface area contributed by atoms with E-state index in [-0.39, 0.29) is 11.9 Å². The highest BCUT2D eigenvalue weighted by molar-refractivity contribution is 6.32. The summed E-state index contributed by atoms with van der Waals surface area (Å²) in [6.07, 6.45) is 9.00. The Balaban J connectivity index is 1.37. The maximum atomic E-state index is 12.9. The minimum Gasteiger partial charge on any atom is -0.491 e. The quantitative estimate of drug-likeness (QED) is 0.200. The van der Waals surface area contributed by atoms with Crippen LogP contribution in [0.5, 0.6) is 11.5 Å². The maximum absolute atomic E-state index is 12.9. The van der Waals surface area contributed by atoms with Crippen LogP contribution < -0.4 is 20.1 Å². The van der Waals surface area contributed by atoms with Crippen LogP contribution in [0.25, 0.3) is 10.9 Å². The minimum absolute atomic E-state index is 0.215. The lowest BCUT2D eigenvalue weighted by molar-refractivity contribution is -0.112. The van der Waals surface area contributed by atoms with E-state index >= 15 is 0 Å². The molecule has 9 nitrogen and oxygen atoms in total. The number of likely N-dealkylation sites (N-methyl/N-ethyl adjacent to an activating group) is 1. The number of likely N-dealkylation sites (tertiary alicyclic amines) is 1. The molecule has 1 saturated heterocycles. The SMILES string of the molecule is CCOc1c(NC(=O)/C=C/[C@H]2CCCN2CC)ccc2ncnc(Nc3ccc(OCc4ccccn4)c(Cl)c3)c12. The first-order valence-corrected chi connectivity index (χ1v) is 14.2. The fourth-order valence-corrected chi connectivity index (χ4v) is 5.15. The number of ether oxygens (including phenoxy) is 2. The number of halogens is 1. The van der Waals surface area contributed by atoms with Gasteiger partial charge < -0.3 is 20.1 Å². The number of aromatic nitrogens is 3. The van der Waals surface area contributed by atoms with E-state index in [0.717, 1.165) is 31.6 Å². The molecule has 3 heterocycles. The molecule has 1 atom stereocenters. The van der Waals surface area contributed by atoms with E-state index in [2.05, 4.69) is 37.4 Å². The number of rotatable bonds is 11. The highest BCUT2D eigenvalue weighted by Gasteiger charge is 2.21. The van der Waals surface area contributed by atoms with Gasteiger partial charge >= 0.3 is 0 Å². The van der Waals surface area contributed by atoms with Crippen LogP contribution in [0.15, 0.2) is 73.2 Å². The summed E-state index contributed by atoms with van der Waals surface area (Å²) in [5, 5.41) is 7.40. The Kier molecular flexibility index (Phi) is 9.28. The maximum Gasteiger partial charge on any atom is 0.248 e. The van der Waals surface area contributed by atoms with Crippen molar-refractivity contribution >= 4 is 45.6 Å². The summed E-state index contributed by atoms with van der Waals surface area (Å²) in [4.78, 5) is 28.4. The van der Waals surface area contributed by atoms with Crippen molar-refractivity contribution in [3.05, 3.63) is 83.9 Å². The molecule has 5 rings (SSSR count). The zero-order valence-corrected chi connectivity index (χ0v) is 23.9. The van der Waals surface area contributed by atoms with E-state index in [0.29, 0.717) is 57.8 Å². The molecule has 212 valence electrons. The van der Waals surface area contributed by atoms with Crippen LogP contribution in [-0.2, 0) is 11.4 Å². The Labute approximate surface area is 244 Å². The molecule has 4 aromatic rings. The number of fused-ring (bicyclic) bond motifs is 1. The van der Waals surface area contributed by atoms with Crippen molar-refractivity contribution in [3.63, 3.8) is 0 Å². The normalized spacial score (nSPS) is 15.3. The Morgan fingerprint density at radius 2 is 2.02 bits per heavy atom. The average Bonchev–Trinajstić information content (AvgIpc) is 3.45. The van der Waals surface area contributed by atoms with Crippen molar-refractivity contribution in [3.8, 4) is 11.5 Å². The molecule has 0 aliphatic carbocycles. The molecule has 0 bridgehead atoms. The molecular formula is C31H33ClN6O3. The smallest absolute Gasteiger partial charge is 0.248 e. The Hall–Kier alpha value is -4.21. The first-order chi connectivity index (χ1) is 20.1. The third-order valence-electron chi connectivity index (χ3n) is 6.89. The molecule has 0 unspecified atom stereocenters. The Morgan fingerprint density at radius 3 is 2.80 bits per heavy atom. The lowest BCUT2D eigenvalue weighted by Crippen LogP contribution is -2.27. The van der Waals surface area contributed by atoms with Gasteiger partial charge in [0.15, 0.2) is 5.75 Å². The standard InChI is InChI=1S/C31H33ClN6O3/c1-3-38-17-7-9-23(38)11-15-28(39)37-26-13-12-25-29(30(26)40-4-2)31(35-20-34-25)36-21-10-14-27(24(32)18-21)41-19-22-8-5-6-16-33-22/h5-6,8,10-16,18,20,23H,3-4,7,9,17,19H2,1-2H3,(H,37,39)(H,34,35,36)/b15-11+/t23-/m1/s1. The van der Waals surface area contributed by atoms with E-state index in [4.69, 9.17) is 21.1 Å². The molecule has 0 spiro atoms. The molecule has 0 radical (unpaired) electrons. The molecule has 1 aliphatic heterocycles. The second kappa shape index (κ2) is 13.4. The van der Waals surface area contributed by atoms with E-state index in [1.165, 1.54) is 6.33 Å². The number of amides is 1. The monoisotopic (exact) mass is 572 g/mol. The fourth-order valence-electron chi connectivity index (χ4n) is 4.91. The van der Waals surface area contributed by atoms with Crippen LogP contribution >= 0.6 is 11.6 Å². The number of carbonyl (C=O) groups is 1. The first-order valence-electron chi connectivity index (χ1n) is 13.8. The molecule has 2 aromatic carbocycles. The number of hydrogen-bond donors (Lipinski definition) is 2. The Morgan fingerprint density at radius 1 is 1.12 bits per heavy atom. The molecule has 10 heteroatoms. The van der Waals surface area contributed by atoms with Crippen molar-refractivity contribution in [2.24, 2.45) is 0 Å². The van der Waals surface area contributed by atoms with Crippen molar-refractivity contribution in [1.82, 2.24) is 19.9 Å². The summed E-state index contributed by atoms with van der Waals surface area (Å²) in [6, 6.07) is 15.0. The number of carbonyl (C=O) groups excluding carboxylic acids is 1. The van der Waals surface area contributed by atoms with Gasteiger partial charge in [-0.25, -0.2) is 9.97 Å². The molecule has 41 heavy (non-hydrogen) atoms. The summed E-state index contributed by atoms with van der Waals surface area (Å²) in [7, 11) is 0. The molecule has 0 saturated carbocycles. The number of hydrogen-bond acceptors (Lipinski definition) is 8. The van der Waals surface area contributed by atoms with Crippen LogP contribution in [0.1, 0.15) is 32.4 Å². The van der Waals surface area contributed by atoms with Crippen LogP contribution in [-0.4, -0.2) is 51.5 Å². The van der Waals surface area contributed by atoms with Gasteiger partial charge in [0.25, 0.3) is 0 Å². The van der Waals surface area contributed by atoms with Gasteiger partial charge in [-0.2, -0.15) is 0 Å². The molecule has 2 N–H and O–H groups in total. The van der Waals surface area contributed by atoms with Crippen molar-refractivity contribution in [1.29, 1.82) is 0 Å². The third kappa shape index (κ3) is 6.93. The van der Waals surface area contributed by atoms with Gasteiger partial charge in [-0.1, -0.05) is 30.7 Å². The van der Waals surface area contributed by atoms with Gasteiger partial charge in [0.1, 0.15) is 24.5 Å². The topological polar surface area (TPSA) is 102 Å². The van der Waals surface area contributed by atoms with E-state index in [9.17, 15) is 4.79 Å². The summed E-state index contributed by atoms with van der Waals surface area (Å²) >= 11 is 6.54. The van der Waals surface area contributed by atoms with Crippen molar-refractivity contribution < 1.29 is 14.3 Å². The van der Waals surface area contributed by atoms with Crippen molar-refractivity contribution in [2.45, 2.75) is 39.3 Å². The Bertz CT molecular complexity index is 1530. The van der Waals surface area contributed by atoms with Gasteiger partial charge in [0, 0.05) is 24.0 Å². The summed E-state index contributed by atoms with van der Waals surface area (Å²) in [5.41, 5.74) is 2.73. The summed E-state index contributed by atoms with van der Waals surface area (Å²) in [6.45, 7) is 6.77. The first kappa shape index (κ1) is 28.3. The second-order valence-electron chi connectivity index (χ2n) is 9.56. The highest BCUT2D eigenvalue weighted by Crippen LogP contribution is 2.38.